The molecule has 1 aromatic rings. The van der Waals surface area contributed by atoms with Crippen LogP contribution in [0.4, 0.5) is 0 Å². The van der Waals surface area contributed by atoms with Crippen molar-refractivity contribution in [2.24, 2.45) is 10.7 Å². The van der Waals surface area contributed by atoms with Gasteiger partial charge in [-0.3, -0.25) is 9.89 Å². The quantitative estimate of drug-likeness (QED) is 0.921. The minimum absolute atomic E-state index is 0.127. The predicted molar refractivity (Wildman–Crippen MR) is 85.0 cm³/mol. The summed E-state index contributed by atoms with van der Waals surface area (Å²) >= 11 is 0. The van der Waals surface area contributed by atoms with Crippen LogP contribution < -0.4 is 5.73 Å². The summed E-state index contributed by atoms with van der Waals surface area (Å²) in [5.74, 6) is 0.726. The van der Waals surface area contributed by atoms with Gasteiger partial charge in [-0.25, -0.2) is 0 Å². The second-order valence-electron chi connectivity index (χ2n) is 6.93. The topological polar surface area (TPSA) is 44.9 Å². The lowest BCUT2D eigenvalue weighted by molar-refractivity contribution is 0.184. The van der Waals surface area contributed by atoms with Crippen LogP contribution in [0.3, 0.4) is 0 Å². The first-order valence-corrected chi connectivity index (χ1v) is 8.05. The Morgan fingerprint density at radius 2 is 2.05 bits per heavy atom. The van der Waals surface area contributed by atoms with Crippen LogP contribution in [0, 0.1) is 0 Å². The zero-order valence-corrected chi connectivity index (χ0v) is 12.7. The van der Waals surface area contributed by atoms with E-state index in [0.29, 0.717) is 6.04 Å². The van der Waals surface area contributed by atoms with Gasteiger partial charge in [-0.1, -0.05) is 30.3 Å². The van der Waals surface area contributed by atoms with E-state index in [4.69, 9.17) is 5.73 Å². The van der Waals surface area contributed by atoms with Crippen molar-refractivity contribution in [1.82, 2.24) is 9.80 Å². The molecular weight excluding hydrogens is 260 g/mol. The molecule has 2 N–H and O–H groups in total. The largest absolute Gasteiger partial charge is 0.370 e. The van der Waals surface area contributed by atoms with E-state index in [-0.39, 0.29) is 5.54 Å². The summed E-state index contributed by atoms with van der Waals surface area (Å²) in [7, 11) is 0. The van der Waals surface area contributed by atoms with Gasteiger partial charge in [-0.2, -0.15) is 0 Å². The highest BCUT2D eigenvalue weighted by Gasteiger charge is 2.52. The summed E-state index contributed by atoms with van der Waals surface area (Å²) < 4.78 is 0. The molecule has 4 heteroatoms. The minimum Gasteiger partial charge on any atom is -0.370 e. The van der Waals surface area contributed by atoms with E-state index in [0.717, 1.165) is 31.6 Å². The van der Waals surface area contributed by atoms with Crippen molar-refractivity contribution in [2.75, 3.05) is 13.1 Å². The molecule has 0 amide bonds. The molecule has 21 heavy (non-hydrogen) atoms. The summed E-state index contributed by atoms with van der Waals surface area (Å²) in [5.41, 5.74) is 7.66. The van der Waals surface area contributed by atoms with E-state index >= 15 is 0 Å². The van der Waals surface area contributed by atoms with Crippen LogP contribution in [0.15, 0.2) is 35.3 Å². The lowest BCUT2D eigenvalue weighted by Gasteiger charge is -2.36. The highest BCUT2D eigenvalue weighted by molar-refractivity contribution is 5.81. The standard InChI is InChI=1S/C17H24N4/c1-13-9-17(12-20(13)15-7-8-15)11-19-16(18)21(17)10-14-5-3-2-4-6-14/h2-6,13,15H,7-12H2,1H3,(H2,18,19). The summed E-state index contributed by atoms with van der Waals surface area (Å²) in [6.07, 6.45) is 3.92. The fourth-order valence-electron chi connectivity index (χ4n) is 4.09. The van der Waals surface area contributed by atoms with Crippen LogP contribution >= 0.6 is 0 Å². The molecule has 1 saturated carbocycles. The molecule has 2 heterocycles. The van der Waals surface area contributed by atoms with E-state index in [1.165, 1.54) is 24.8 Å². The van der Waals surface area contributed by atoms with Crippen LogP contribution in [0.2, 0.25) is 0 Å². The molecule has 4 nitrogen and oxygen atoms in total. The van der Waals surface area contributed by atoms with Crippen molar-refractivity contribution in [3.05, 3.63) is 35.9 Å². The minimum atomic E-state index is 0.127. The van der Waals surface area contributed by atoms with Gasteiger partial charge in [0.15, 0.2) is 5.96 Å². The second-order valence-corrected chi connectivity index (χ2v) is 6.93. The Morgan fingerprint density at radius 3 is 2.76 bits per heavy atom. The Bertz CT molecular complexity index is 551. The maximum atomic E-state index is 6.22. The molecule has 0 aromatic heterocycles. The van der Waals surface area contributed by atoms with Gasteiger partial charge in [-0.15, -0.1) is 0 Å². The molecule has 2 unspecified atom stereocenters. The first-order valence-electron chi connectivity index (χ1n) is 8.05. The first-order chi connectivity index (χ1) is 10.2. The summed E-state index contributed by atoms with van der Waals surface area (Å²) in [4.78, 5) is 9.64. The van der Waals surface area contributed by atoms with Gasteiger partial charge in [0.2, 0.25) is 0 Å². The number of hydrogen-bond acceptors (Lipinski definition) is 4. The number of hydrogen-bond donors (Lipinski definition) is 1. The molecule has 2 aliphatic heterocycles. The molecule has 1 aliphatic carbocycles. The summed E-state index contributed by atoms with van der Waals surface area (Å²) in [6.45, 7) is 5.22. The van der Waals surface area contributed by atoms with Gasteiger partial charge in [0.05, 0.1) is 12.1 Å². The highest BCUT2D eigenvalue weighted by Crippen LogP contribution is 2.42. The number of nitrogens with zero attached hydrogens (tertiary/aromatic N) is 3. The zero-order valence-electron chi connectivity index (χ0n) is 12.7. The molecule has 0 bridgehead atoms. The Kier molecular flexibility index (Phi) is 2.96. The van der Waals surface area contributed by atoms with Gasteiger partial charge >= 0.3 is 0 Å². The number of rotatable bonds is 3. The van der Waals surface area contributed by atoms with Crippen molar-refractivity contribution in [2.45, 2.75) is 50.4 Å². The van der Waals surface area contributed by atoms with E-state index in [9.17, 15) is 0 Å². The smallest absolute Gasteiger partial charge is 0.192 e. The number of nitrogens with two attached hydrogens (primary N) is 1. The van der Waals surface area contributed by atoms with Crippen LogP contribution in [-0.2, 0) is 6.54 Å². The van der Waals surface area contributed by atoms with Crippen molar-refractivity contribution < 1.29 is 0 Å². The molecule has 1 spiro atoms. The van der Waals surface area contributed by atoms with Crippen LogP contribution in [0.1, 0.15) is 31.7 Å². The Morgan fingerprint density at radius 1 is 1.29 bits per heavy atom. The predicted octanol–water partition coefficient (Wildman–Crippen LogP) is 1.81. The van der Waals surface area contributed by atoms with Crippen LogP contribution in [-0.4, -0.2) is 46.5 Å². The van der Waals surface area contributed by atoms with Gasteiger partial charge in [0.1, 0.15) is 0 Å². The highest BCUT2D eigenvalue weighted by atomic mass is 15.4. The van der Waals surface area contributed by atoms with Gasteiger partial charge in [0.25, 0.3) is 0 Å². The average molecular weight is 284 g/mol. The van der Waals surface area contributed by atoms with Crippen molar-refractivity contribution in [3.8, 4) is 0 Å². The molecule has 2 atom stereocenters. The Labute approximate surface area is 126 Å². The van der Waals surface area contributed by atoms with Crippen molar-refractivity contribution in [3.63, 3.8) is 0 Å². The number of aliphatic imine (C=N–C) groups is 1. The normalized spacial score (nSPS) is 32.9. The maximum Gasteiger partial charge on any atom is 0.192 e. The third-order valence-corrected chi connectivity index (χ3v) is 5.30. The maximum absolute atomic E-state index is 6.22. The molecule has 2 fully saturated rings. The molecule has 4 rings (SSSR count). The molecule has 112 valence electrons. The van der Waals surface area contributed by atoms with E-state index in [1.54, 1.807) is 0 Å². The molecule has 3 aliphatic rings. The molecule has 1 aromatic carbocycles. The van der Waals surface area contributed by atoms with E-state index in [2.05, 4.69) is 52.0 Å². The Balaban J connectivity index is 1.57. The number of benzene rings is 1. The number of likely N-dealkylation sites (tertiary alicyclic amines) is 1. The Hall–Kier alpha value is -1.55. The fraction of sp³-hybridized carbons (Fsp3) is 0.588. The fourth-order valence-corrected chi connectivity index (χ4v) is 4.09. The van der Waals surface area contributed by atoms with Gasteiger partial charge in [-0.05, 0) is 31.7 Å². The molecule has 0 radical (unpaired) electrons. The third kappa shape index (κ3) is 2.22. The second kappa shape index (κ2) is 4.73. The van der Waals surface area contributed by atoms with E-state index in [1.807, 2.05) is 0 Å². The van der Waals surface area contributed by atoms with E-state index < -0.39 is 0 Å². The lowest BCUT2D eigenvalue weighted by atomic mass is 9.94. The summed E-state index contributed by atoms with van der Waals surface area (Å²) in [5, 5.41) is 0. The SMILES string of the molecule is CC1CC2(CN=C(N)N2Cc2ccccc2)CN1C1CC1. The third-order valence-electron chi connectivity index (χ3n) is 5.30. The monoisotopic (exact) mass is 284 g/mol. The van der Waals surface area contributed by atoms with Crippen LogP contribution in [0.25, 0.3) is 0 Å². The number of guanidine groups is 1. The molecular formula is C17H24N4. The average Bonchev–Trinajstić information content (AvgIpc) is 3.22. The lowest BCUT2D eigenvalue weighted by Crippen LogP contribution is -2.52. The van der Waals surface area contributed by atoms with Gasteiger partial charge in [0, 0.05) is 25.2 Å². The molecule has 1 saturated heterocycles. The first kappa shape index (κ1) is 13.1. The van der Waals surface area contributed by atoms with Crippen molar-refractivity contribution in [1.29, 1.82) is 0 Å². The van der Waals surface area contributed by atoms with Gasteiger partial charge < -0.3 is 10.6 Å². The van der Waals surface area contributed by atoms with Crippen LogP contribution in [0.5, 0.6) is 0 Å². The summed E-state index contributed by atoms with van der Waals surface area (Å²) in [6, 6.07) is 12.1. The van der Waals surface area contributed by atoms with Crippen molar-refractivity contribution >= 4 is 5.96 Å². The zero-order chi connectivity index (χ0) is 14.4.